The van der Waals surface area contributed by atoms with E-state index in [4.69, 9.17) is 8.83 Å². The molecule has 0 saturated heterocycles. The summed E-state index contributed by atoms with van der Waals surface area (Å²) in [5.74, 6) is 0. The Labute approximate surface area is 165 Å². The minimum Gasteiger partial charge on any atom is -0.456 e. The van der Waals surface area contributed by atoms with Crippen molar-refractivity contribution in [3.05, 3.63) is 60.7 Å². The molecule has 4 aromatic carbocycles. The van der Waals surface area contributed by atoms with E-state index >= 15 is 0 Å². The first-order chi connectivity index (χ1) is 13.8. The van der Waals surface area contributed by atoms with Crippen molar-refractivity contribution >= 4 is 43.9 Å². The van der Waals surface area contributed by atoms with Crippen LogP contribution >= 0.6 is 0 Å². The summed E-state index contributed by atoms with van der Waals surface area (Å²) < 4.78 is 12.4. The molecule has 0 unspecified atom stereocenters. The summed E-state index contributed by atoms with van der Waals surface area (Å²) >= 11 is 0. The van der Waals surface area contributed by atoms with Gasteiger partial charge in [0.05, 0.1) is 0 Å². The summed E-state index contributed by atoms with van der Waals surface area (Å²) in [4.78, 5) is 0. The molecule has 28 heavy (non-hydrogen) atoms. The van der Waals surface area contributed by atoms with E-state index in [1.54, 1.807) is 0 Å². The SMILES string of the molecule is CC.CCCC.c1cc2ccc3oc4cccc5ccc6oc(c1)c2c3-c6c54. The smallest absolute Gasteiger partial charge is 0.136 e. The zero-order chi connectivity index (χ0) is 19.7. The normalized spacial score (nSPS) is 11.1. The van der Waals surface area contributed by atoms with Crippen LogP contribution in [0, 0.1) is 0 Å². The van der Waals surface area contributed by atoms with Crippen molar-refractivity contribution in [2.24, 2.45) is 0 Å². The molecule has 0 aromatic heterocycles. The molecule has 0 N–H and O–H groups in total. The van der Waals surface area contributed by atoms with Gasteiger partial charge in [0.2, 0.25) is 0 Å². The van der Waals surface area contributed by atoms with Gasteiger partial charge in [0.25, 0.3) is 0 Å². The highest BCUT2D eigenvalue weighted by molar-refractivity contribution is 6.23. The molecular formula is C26H26O2. The van der Waals surface area contributed by atoms with E-state index in [0.29, 0.717) is 0 Å². The molecular weight excluding hydrogens is 344 g/mol. The average Bonchev–Trinajstić information content (AvgIpc) is 2.77. The number of unbranched alkanes of at least 4 members (excludes halogenated alkanes) is 1. The zero-order valence-corrected chi connectivity index (χ0v) is 17.0. The van der Waals surface area contributed by atoms with Gasteiger partial charge in [-0.2, -0.15) is 0 Å². The van der Waals surface area contributed by atoms with Crippen LogP contribution in [0.4, 0.5) is 0 Å². The molecule has 6 rings (SSSR count). The Morgan fingerprint density at radius 2 is 0.964 bits per heavy atom. The van der Waals surface area contributed by atoms with Crippen molar-refractivity contribution in [1.29, 1.82) is 0 Å². The highest BCUT2D eigenvalue weighted by atomic mass is 16.3. The minimum absolute atomic E-state index is 0.907. The second-order valence-electron chi connectivity index (χ2n) is 6.79. The van der Waals surface area contributed by atoms with E-state index < -0.39 is 0 Å². The van der Waals surface area contributed by atoms with Gasteiger partial charge < -0.3 is 8.83 Å². The fourth-order valence-electron chi connectivity index (χ4n) is 3.73. The Morgan fingerprint density at radius 3 is 1.36 bits per heavy atom. The molecule has 0 bridgehead atoms. The first-order valence-corrected chi connectivity index (χ1v) is 10.3. The van der Waals surface area contributed by atoms with Crippen LogP contribution in [-0.2, 0) is 0 Å². The average molecular weight is 370 g/mol. The maximum absolute atomic E-state index is 6.18. The van der Waals surface area contributed by atoms with Gasteiger partial charge in [-0.1, -0.05) is 76.9 Å². The molecule has 2 aliphatic rings. The maximum atomic E-state index is 6.18. The Kier molecular flexibility index (Phi) is 4.95. The van der Waals surface area contributed by atoms with Crippen molar-refractivity contribution in [1.82, 2.24) is 0 Å². The third-order valence-corrected chi connectivity index (χ3v) is 5.13. The molecule has 2 nitrogen and oxygen atoms in total. The number of benzene rings is 4. The number of hydrogen-bond acceptors (Lipinski definition) is 2. The van der Waals surface area contributed by atoms with Crippen LogP contribution in [0.5, 0.6) is 0 Å². The summed E-state index contributed by atoms with van der Waals surface area (Å²) in [7, 11) is 0. The van der Waals surface area contributed by atoms with Gasteiger partial charge in [-0.3, -0.25) is 0 Å². The van der Waals surface area contributed by atoms with Crippen LogP contribution in [0.25, 0.3) is 55.0 Å². The van der Waals surface area contributed by atoms with E-state index in [9.17, 15) is 0 Å². The lowest BCUT2D eigenvalue weighted by molar-refractivity contribution is 0.646. The predicted molar refractivity (Wildman–Crippen MR) is 121 cm³/mol. The summed E-state index contributed by atoms with van der Waals surface area (Å²) in [6.45, 7) is 8.36. The topological polar surface area (TPSA) is 26.3 Å². The van der Waals surface area contributed by atoms with Crippen LogP contribution in [0.2, 0.25) is 0 Å². The van der Waals surface area contributed by atoms with Gasteiger partial charge in [-0.15, -0.1) is 0 Å². The van der Waals surface area contributed by atoms with Crippen LogP contribution in [0.15, 0.2) is 69.5 Å². The van der Waals surface area contributed by atoms with Crippen molar-refractivity contribution in [3.8, 4) is 11.1 Å². The van der Waals surface area contributed by atoms with E-state index in [2.05, 4.69) is 50.2 Å². The Balaban J connectivity index is 0.000000289. The van der Waals surface area contributed by atoms with Crippen LogP contribution < -0.4 is 0 Å². The number of hydrogen-bond donors (Lipinski definition) is 0. The molecule has 0 aliphatic carbocycles. The highest BCUT2D eigenvalue weighted by Crippen LogP contribution is 2.47. The van der Waals surface area contributed by atoms with Gasteiger partial charge in [0, 0.05) is 21.9 Å². The van der Waals surface area contributed by atoms with Gasteiger partial charge in [-0.25, -0.2) is 0 Å². The molecule has 0 saturated carbocycles. The van der Waals surface area contributed by atoms with E-state index in [-0.39, 0.29) is 0 Å². The summed E-state index contributed by atoms with van der Waals surface area (Å²) in [5.41, 5.74) is 5.97. The van der Waals surface area contributed by atoms with Gasteiger partial charge >= 0.3 is 0 Å². The van der Waals surface area contributed by atoms with Crippen molar-refractivity contribution in [3.63, 3.8) is 0 Å². The third-order valence-electron chi connectivity index (χ3n) is 5.13. The quantitative estimate of drug-likeness (QED) is 0.213. The second-order valence-corrected chi connectivity index (χ2v) is 6.79. The van der Waals surface area contributed by atoms with Crippen LogP contribution in [-0.4, -0.2) is 0 Å². The molecule has 2 heteroatoms. The van der Waals surface area contributed by atoms with Gasteiger partial charge in [-0.05, 0) is 35.0 Å². The highest BCUT2D eigenvalue weighted by Gasteiger charge is 2.23. The van der Waals surface area contributed by atoms with Gasteiger partial charge in [0.15, 0.2) is 0 Å². The summed E-state index contributed by atoms with van der Waals surface area (Å²) in [6, 6.07) is 20.7. The van der Waals surface area contributed by atoms with Crippen LogP contribution in [0.1, 0.15) is 40.5 Å². The molecule has 0 radical (unpaired) electrons. The molecule has 0 atom stereocenters. The largest absolute Gasteiger partial charge is 0.456 e. The first-order valence-electron chi connectivity index (χ1n) is 10.3. The molecule has 0 amide bonds. The fourth-order valence-corrected chi connectivity index (χ4v) is 3.73. The molecule has 0 fully saturated rings. The maximum Gasteiger partial charge on any atom is 0.136 e. The molecule has 142 valence electrons. The lowest BCUT2D eigenvalue weighted by atomic mass is 9.90. The van der Waals surface area contributed by atoms with Gasteiger partial charge in [0.1, 0.15) is 22.3 Å². The predicted octanol–water partition coefficient (Wildman–Crippen LogP) is 8.86. The molecule has 2 heterocycles. The molecule has 0 spiro atoms. The first kappa shape index (κ1) is 18.4. The Bertz CT molecular complexity index is 1200. The van der Waals surface area contributed by atoms with E-state index in [0.717, 1.165) is 33.1 Å². The van der Waals surface area contributed by atoms with E-state index in [1.165, 1.54) is 34.7 Å². The van der Waals surface area contributed by atoms with Crippen molar-refractivity contribution in [2.75, 3.05) is 0 Å². The lowest BCUT2D eigenvalue weighted by Gasteiger charge is -2.19. The van der Waals surface area contributed by atoms with Crippen molar-refractivity contribution in [2.45, 2.75) is 40.5 Å². The number of rotatable bonds is 1. The monoisotopic (exact) mass is 370 g/mol. The Hall–Kier alpha value is -3.00. The lowest BCUT2D eigenvalue weighted by Crippen LogP contribution is -1.93. The molecule has 4 aromatic rings. The summed E-state index contributed by atoms with van der Waals surface area (Å²) in [5, 5.41) is 4.66. The van der Waals surface area contributed by atoms with Crippen LogP contribution in [0.3, 0.4) is 0 Å². The summed E-state index contributed by atoms with van der Waals surface area (Å²) in [6.07, 6.45) is 2.64. The Morgan fingerprint density at radius 1 is 0.536 bits per heavy atom. The fraction of sp³-hybridized carbons (Fsp3) is 0.231. The van der Waals surface area contributed by atoms with E-state index in [1.807, 2.05) is 38.1 Å². The molecule has 2 aliphatic heterocycles. The zero-order valence-electron chi connectivity index (χ0n) is 17.0. The second kappa shape index (κ2) is 7.55. The minimum atomic E-state index is 0.907. The van der Waals surface area contributed by atoms with Crippen molar-refractivity contribution < 1.29 is 8.83 Å². The third kappa shape index (κ3) is 2.72. The standard InChI is InChI=1S/C20H10O2.C4H10.C2H6/c1-3-11-7-9-16-19-17(11)13(5-1)21-15-10-8-12-4-2-6-14(22-16)18(12)20(15)19;1-3-4-2;1-2/h1-10H;3-4H2,1-2H3;1-2H3.